The average Bonchev–Trinajstić information content (AvgIpc) is 3.26. The molecule has 1 aromatic heterocycles. The molecular weight excluding hydrogens is 446 g/mol. The fourth-order valence-electron chi connectivity index (χ4n) is 5.86. The first-order valence-electron chi connectivity index (χ1n) is 13.0. The summed E-state index contributed by atoms with van der Waals surface area (Å²) in [5, 5.41) is 0.876. The summed E-state index contributed by atoms with van der Waals surface area (Å²) in [6.07, 6.45) is 6.11. The van der Waals surface area contributed by atoms with Gasteiger partial charge in [-0.15, -0.1) is 0 Å². The van der Waals surface area contributed by atoms with Gasteiger partial charge in [-0.1, -0.05) is 19.3 Å². The molecule has 0 radical (unpaired) electrons. The molecule has 2 aliphatic heterocycles. The van der Waals surface area contributed by atoms with Gasteiger partial charge in [-0.05, 0) is 43.5 Å². The monoisotopic (exact) mass is 481 g/mol. The van der Waals surface area contributed by atoms with Crippen LogP contribution in [0.25, 0.3) is 11.0 Å². The Morgan fingerprint density at radius 1 is 1.06 bits per heavy atom. The minimum Gasteiger partial charge on any atom is -0.494 e. The third kappa shape index (κ3) is 5.22. The number of carbonyl (C=O) groups excluding carboxylic acids is 2. The van der Waals surface area contributed by atoms with Gasteiger partial charge in [-0.3, -0.25) is 14.5 Å². The van der Waals surface area contributed by atoms with E-state index in [1.54, 1.807) is 12.1 Å². The third-order valence-electron chi connectivity index (χ3n) is 7.71. The molecule has 3 heterocycles. The molecule has 0 spiro atoms. The summed E-state index contributed by atoms with van der Waals surface area (Å²) in [6, 6.07) is 7.39. The van der Waals surface area contributed by atoms with E-state index < -0.39 is 0 Å². The number of likely N-dealkylation sites (tertiary alicyclic amines) is 1. The maximum atomic E-state index is 13.2. The number of rotatable bonds is 6. The van der Waals surface area contributed by atoms with Gasteiger partial charge in [0.1, 0.15) is 11.3 Å². The van der Waals surface area contributed by atoms with Gasteiger partial charge in [0.2, 0.25) is 11.8 Å². The Hall–Kier alpha value is -2.87. The van der Waals surface area contributed by atoms with Gasteiger partial charge in [-0.2, -0.15) is 0 Å². The molecule has 8 heteroatoms. The van der Waals surface area contributed by atoms with Gasteiger partial charge in [0.15, 0.2) is 0 Å². The smallest absolute Gasteiger partial charge is 0.336 e. The van der Waals surface area contributed by atoms with E-state index in [4.69, 9.17) is 9.15 Å². The van der Waals surface area contributed by atoms with Crippen molar-refractivity contribution in [1.82, 2.24) is 14.7 Å². The van der Waals surface area contributed by atoms with Crippen LogP contribution in [0.4, 0.5) is 0 Å². The molecule has 35 heavy (non-hydrogen) atoms. The van der Waals surface area contributed by atoms with E-state index in [0.717, 1.165) is 42.6 Å². The molecule has 1 aliphatic carbocycles. The SMILES string of the molecule is CCOc1ccc2oc(=O)cc(CN3CCN(C(=O)[C@@H]4CC(=O)N(C5CCCCC5)C4)CC3)c2c1. The van der Waals surface area contributed by atoms with Crippen LogP contribution in [-0.2, 0) is 16.1 Å². The van der Waals surface area contributed by atoms with Gasteiger partial charge in [-0.25, -0.2) is 4.79 Å². The van der Waals surface area contributed by atoms with Gasteiger partial charge in [0.05, 0.1) is 12.5 Å². The summed E-state index contributed by atoms with van der Waals surface area (Å²) in [4.78, 5) is 44.1. The van der Waals surface area contributed by atoms with Crippen LogP contribution in [0, 0.1) is 5.92 Å². The van der Waals surface area contributed by atoms with Gasteiger partial charge < -0.3 is 19.0 Å². The largest absolute Gasteiger partial charge is 0.494 e. The molecule has 0 N–H and O–H groups in total. The van der Waals surface area contributed by atoms with E-state index in [9.17, 15) is 14.4 Å². The Labute approximate surface area is 205 Å². The van der Waals surface area contributed by atoms with Crippen LogP contribution in [0.2, 0.25) is 0 Å². The summed E-state index contributed by atoms with van der Waals surface area (Å²) in [6.45, 7) is 6.42. The standard InChI is InChI=1S/C27H35N3O5/c1-2-34-22-8-9-24-23(16-22)19(15-26(32)35-24)17-28-10-12-29(13-11-28)27(33)20-14-25(31)30(18-20)21-6-4-3-5-7-21/h8-9,15-16,20-21H,2-7,10-14,17-18H2,1H3/t20-/m1/s1. The second-order valence-electron chi connectivity index (χ2n) is 10.0. The fourth-order valence-corrected chi connectivity index (χ4v) is 5.86. The molecule has 3 aliphatic rings. The summed E-state index contributed by atoms with van der Waals surface area (Å²) >= 11 is 0. The predicted molar refractivity (Wildman–Crippen MR) is 132 cm³/mol. The molecule has 2 aromatic rings. The molecule has 1 atom stereocenters. The van der Waals surface area contributed by atoms with Crippen molar-refractivity contribution in [2.24, 2.45) is 5.92 Å². The Morgan fingerprint density at radius 2 is 1.83 bits per heavy atom. The Balaban J connectivity index is 1.20. The average molecular weight is 482 g/mol. The van der Waals surface area contributed by atoms with Gasteiger partial charge >= 0.3 is 5.63 Å². The maximum absolute atomic E-state index is 13.2. The Morgan fingerprint density at radius 3 is 2.57 bits per heavy atom. The quantitative estimate of drug-likeness (QED) is 0.590. The Kier molecular flexibility index (Phi) is 7.09. The van der Waals surface area contributed by atoms with Crippen molar-refractivity contribution < 1.29 is 18.7 Å². The fraction of sp³-hybridized carbons (Fsp3) is 0.593. The normalized spacial score (nSPS) is 22.2. The molecule has 0 bridgehead atoms. The highest BCUT2D eigenvalue weighted by molar-refractivity contribution is 5.89. The Bertz CT molecular complexity index is 1130. The number of piperazine rings is 1. The third-order valence-corrected chi connectivity index (χ3v) is 7.71. The summed E-state index contributed by atoms with van der Waals surface area (Å²) in [5.41, 5.74) is 1.10. The zero-order chi connectivity index (χ0) is 24.4. The van der Waals surface area contributed by atoms with Crippen molar-refractivity contribution in [3.8, 4) is 5.75 Å². The van der Waals surface area contributed by atoms with Crippen LogP contribution in [0.3, 0.4) is 0 Å². The van der Waals surface area contributed by atoms with Crippen LogP contribution in [0.1, 0.15) is 51.0 Å². The van der Waals surface area contributed by atoms with E-state index >= 15 is 0 Å². The lowest BCUT2D eigenvalue weighted by atomic mass is 9.94. The molecule has 1 aromatic carbocycles. The van der Waals surface area contributed by atoms with Crippen molar-refractivity contribution >= 4 is 22.8 Å². The molecule has 3 fully saturated rings. The van der Waals surface area contributed by atoms with E-state index in [1.165, 1.54) is 19.3 Å². The van der Waals surface area contributed by atoms with Crippen LogP contribution in [0.5, 0.6) is 5.75 Å². The minimum atomic E-state index is -0.362. The van der Waals surface area contributed by atoms with Crippen molar-refractivity contribution in [1.29, 1.82) is 0 Å². The second-order valence-corrected chi connectivity index (χ2v) is 10.0. The second kappa shape index (κ2) is 10.4. The first-order valence-corrected chi connectivity index (χ1v) is 13.0. The number of hydrogen-bond acceptors (Lipinski definition) is 6. The lowest BCUT2D eigenvalue weighted by Crippen LogP contribution is -2.50. The molecule has 188 valence electrons. The topological polar surface area (TPSA) is 83.3 Å². The predicted octanol–water partition coefficient (Wildman–Crippen LogP) is 3.02. The number of benzene rings is 1. The van der Waals surface area contributed by atoms with Crippen LogP contribution < -0.4 is 10.4 Å². The molecule has 2 amide bonds. The van der Waals surface area contributed by atoms with Crippen molar-refractivity contribution in [2.45, 2.75) is 58.0 Å². The number of hydrogen-bond donors (Lipinski definition) is 0. The van der Waals surface area contributed by atoms with Crippen molar-refractivity contribution in [2.75, 3.05) is 39.3 Å². The minimum absolute atomic E-state index is 0.114. The number of carbonyl (C=O) groups is 2. The highest BCUT2D eigenvalue weighted by Crippen LogP contribution is 2.30. The van der Waals surface area contributed by atoms with E-state index in [0.29, 0.717) is 50.8 Å². The van der Waals surface area contributed by atoms with Crippen LogP contribution in [0.15, 0.2) is 33.5 Å². The van der Waals surface area contributed by atoms with Crippen molar-refractivity contribution in [3.05, 3.63) is 40.2 Å². The zero-order valence-electron chi connectivity index (χ0n) is 20.5. The number of amides is 2. The van der Waals surface area contributed by atoms with E-state index in [1.807, 2.05) is 28.9 Å². The van der Waals surface area contributed by atoms with E-state index in [2.05, 4.69) is 4.90 Å². The van der Waals surface area contributed by atoms with E-state index in [-0.39, 0.29) is 23.4 Å². The highest BCUT2D eigenvalue weighted by atomic mass is 16.5. The van der Waals surface area contributed by atoms with Crippen molar-refractivity contribution in [3.63, 3.8) is 0 Å². The first kappa shape index (κ1) is 23.9. The molecule has 2 saturated heterocycles. The lowest BCUT2D eigenvalue weighted by molar-refractivity contribution is -0.137. The molecule has 1 saturated carbocycles. The number of fused-ring (bicyclic) bond motifs is 1. The molecule has 5 rings (SSSR count). The highest BCUT2D eigenvalue weighted by Gasteiger charge is 2.40. The summed E-state index contributed by atoms with van der Waals surface area (Å²) in [7, 11) is 0. The van der Waals surface area contributed by atoms with Crippen LogP contribution in [-0.4, -0.2) is 71.9 Å². The maximum Gasteiger partial charge on any atom is 0.336 e. The number of nitrogens with zero attached hydrogens (tertiary/aromatic N) is 3. The lowest BCUT2D eigenvalue weighted by Gasteiger charge is -2.36. The van der Waals surface area contributed by atoms with Gasteiger partial charge in [0, 0.05) is 63.2 Å². The van der Waals surface area contributed by atoms with Gasteiger partial charge in [0.25, 0.3) is 0 Å². The summed E-state index contributed by atoms with van der Waals surface area (Å²) in [5.74, 6) is 0.799. The molecular formula is C27H35N3O5. The zero-order valence-corrected chi connectivity index (χ0v) is 20.5. The molecule has 8 nitrogen and oxygen atoms in total. The first-order chi connectivity index (χ1) is 17.0. The summed E-state index contributed by atoms with van der Waals surface area (Å²) < 4.78 is 11.0. The molecule has 0 unspecified atom stereocenters. The van der Waals surface area contributed by atoms with Crippen LogP contribution >= 0.6 is 0 Å². The number of ether oxygens (including phenoxy) is 1.